The van der Waals surface area contributed by atoms with Gasteiger partial charge in [-0.15, -0.1) is 0 Å². The molecule has 0 radical (unpaired) electrons. The van der Waals surface area contributed by atoms with Crippen LogP contribution in [-0.4, -0.2) is 37.2 Å². The first kappa shape index (κ1) is 72.3. The van der Waals surface area contributed by atoms with Crippen molar-refractivity contribution >= 4 is 17.9 Å². The summed E-state index contributed by atoms with van der Waals surface area (Å²) < 4.78 is 16.8. The number of carbonyl (C=O) groups excluding carboxylic acids is 3. The predicted molar refractivity (Wildman–Crippen MR) is 334 cm³/mol. The molecule has 0 heterocycles. The summed E-state index contributed by atoms with van der Waals surface area (Å²) >= 11 is 0. The summed E-state index contributed by atoms with van der Waals surface area (Å²) in [6, 6.07) is 0. The van der Waals surface area contributed by atoms with Crippen LogP contribution < -0.4 is 0 Å². The highest BCUT2D eigenvalue weighted by Gasteiger charge is 2.19. The molecule has 0 aliphatic rings. The third kappa shape index (κ3) is 62.0. The molecule has 0 amide bonds. The van der Waals surface area contributed by atoms with Gasteiger partial charge in [0, 0.05) is 19.3 Å². The average molecular weight is 1060 g/mol. The molecule has 0 aromatic carbocycles. The maximum absolute atomic E-state index is 12.9. The summed E-state index contributed by atoms with van der Waals surface area (Å²) in [4.78, 5) is 38.2. The van der Waals surface area contributed by atoms with E-state index in [1.54, 1.807) is 0 Å². The molecule has 0 N–H and O–H groups in total. The van der Waals surface area contributed by atoms with Gasteiger partial charge in [-0.25, -0.2) is 0 Å². The van der Waals surface area contributed by atoms with Gasteiger partial charge in [0.2, 0.25) is 0 Å². The van der Waals surface area contributed by atoms with Crippen LogP contribution in [0.2, 0.25) is 0 Å². The molecule has 0 bridgehead atoms. The van der Waals surface area contributed by atoms with Crippen LogP contribution in [0.3, 0.4) is 0 Å². The number of hydrogen-bond donors (Lipinski definition) is 0. The lowest BCUT2D eigenvalue weighted by Crippen LogP contribution is -2.30. The summed E-state index contributed by atoms with van der Waals surface area (Å²) in [5.74, 6) is -1.06. The van der Waals surface area contributed by atoms with Crippen molar-refractivity contribution in [3.8, 4) is 0 Å². The molecule has 434 valence electrons. The Balaban J connectivity index is 4.48. The summed E-state index contributed by atoms with van der Waals surface area (Å²) in [6.07, 6.45) is 91.6. The Labute approximate surface area is 474 Å². The molecule has 0 spiro atoms. The second kappa shape index (κ2) is 63.8. The number of unbranched alkanes of at least 4 members (excludes halogenated alkanes) is 20. The third-order valence-corrected chi connectivity index (χ3v) is 12.8. The second-order valence-electron chi connectivity index (χ2n) is 20.2. The number of hydrogen-bond acceptors (Lipinski definition) is 6. The van der Waals surface area contributed by atoms with Crippen molar-refractivity contribution in [2.45, 2.75) is 271 Å². The van der Waals surface area contributed by atoms with E-state index in [0.29, 0.717) is 19.3 Å². The first-order valence-electron chi connectivity index (χ1n) is 31.3. The third-order valence-electron chi connectivity index (χ3n) is 12.8. The maximum atomic E-state index is 12.9. The van der Waals surface area contributed by atoms with E-state index in [1.165, 1.54) is 109 Å². The zero-order valence-electron chi connectivity index (χ0n) is 49.7. The molecule has 6 heteroatoms. The molecule has 0 aromatic rings. The molecule has 0 saturated carbocycles. The van der Waals surface area contributed by atoms with Crippen molar-refractivity contribution in [2.75, 3.05) is 13.2 Å². The summed E-state index contributed by atoms with van der Waals surface area (Å²) in [6.45, 7) is 6.30. The SMILES string of the molecule is CC/C=C\C/C=C\C/C=C\C/C=C\C/C=C\C/C=C\CCC(=O)OC(COC(=O)CCCC/C=C\C/C=C\C/C=C\C/C=C\CC)COC(=O)CCCCCCCCCCCCCCC/C=C\C/C=C\CCCCCCC. The summed E-state index contributed by atoms with van der Waals surface area (Å²) in [7, 11) is 0. The van der Waals surface area contributed by atoms with Gasteiger partial charge in [0.25, 0.3) is 0 Å². The van der Waals surface area contributed by atoms with E-state index in [4.69, 9.17) is 14.2 Å². The van der Waals surface area contributed by atoms with Crippen molar-refractivity contribution in [2.24, 2.45) is 0 Å². The van der Waals surface area contributed by atoms with Crippen LogP contribution >= 0.6 is 0 Å². The number of esters is 3. The molecular weight excluding hydrogens is 949 g/mol. The monoisotopic (exact) mass is 1060 g/mol. The molecule has 0 rings (SSSR count). The standard InChI is InChI=1S/C71H114O6/c1-4-7-10-13-16-19-22-25-28-30-32-33-34-35-36-37-39-40-43-46-49-52-55-58-61-64-70(73)76-67-68(66-75-69(72)63-60-57-54-51-48-45-42-27-24-21-18-15-12-9-6-3)77-71(74)65-62-59-56-53-50-47-44-41-38-31-29-26-23-20-17-14-11-8-5-2/h8-9,11-12,17-18,20-22,25-27,29-30,32,38,41-42,47-48,50-51,56,59,68H,4-7,10,13-16,19,23-24,28,31,33-37,39-40,43-46,49,52-55,57-58,60-67H2,1-3H3/b11-8-,12-9-,20-17-,21-18-,25-22-,29-26-,32-30-,41-38-,42-27-,50-47-,51-48-,59-56-. The smallest absolute Gasteiger partial charge is 0.306 e. The van der Waals surface area contributed by atoms with Crippen LogP contribution in [0.1, 0.15) is 265 Å². The van der Waals surface area contributed by atoms with E-state index >= 15 is 0 Å². The molecule has 0 aliphatic heterocycles. The van der Waals surface area contributed by atoms with Gasteiger partial charge in [-0.1, -0.05) is 263 Å². The van der Waals surface area contributed by atoms with Gasteiger partial charge in [-0.3, -0.25) is 14.4 Å². The lowest BCUT2D eigenvalue weighted by Gasteiger charge is -2.18. The van der Waals surface area contributed by atoms with Gasteiger partial charge >= 0.3 is 17.9 Å². The second-order valence-corrected chi connectivity index (χ2v) is 20.2. The lowest BCUT2D eigenvalue weighted by atomic mass is 10.0. The Morgan fingerprint density at radius 3 is 0.870 bits per heavy atom. The van der Waals surface area contributed by atoms with E-state index in [0.717, 1.165) is 103 Å². The Morgan fingerprint density at radius 1 is 0.273 bits per heavy atom. The fourth-order valence-electron chi connectivity index (χ4n) is 8.20. The Morgan fingerprint density at radius 2 is 0.532 bits per heavy atom. The Bertz CT molecular complexity index is 1700. The molecule has 6 nitrogen and oxygen atoms in total. The number of carbonyl (C=O) groups is 3. The predicted octanol–water partition coefficient (Wildman–Crippen LogP) is 21.5. The fourth-order valence-corrected chi connectivity index (χ4v) is 8.20. The van der Waals surface area contributed by atoms with E-state index in [9.17, 15) is 14.4 Å². The Kier molecular flexibility index (Phi) is 59.9. The van der Waals surface area contributed by atoms with Gasteiger partial charge in [0.1, 0.15) is 13.2 Å². The van der Waals surface area contributed by atoms with Crippen molar-refractivity contribution in [3.05, 3.63) is 146 Å². The lowest BCUT2D eigenvalue weighted by molar-refractivity contribution is -0.166. The maximum Gasteiger partial charge on any atom is 0.306 e. The summed E-state index contributed by atoms with van der Waals surface area (Å²) in [5, 5.41) is 0. The minimum absolute atomic E-state index is 0.127. The molecule has 1 unspecified atom stereocenters. The zero-order chi connectivity index (χ0) is 55.7. The molecule has 0 aromatic heterocycles. The van der Waals surface area contributed by atoms with Crippen LogP contribution in [0, 0.1) is 0 Å². The molecule has 0 fully saturated rings. The molecule has 0 saturated heterocycles. The van der Waals surface area contributed by atoms with Gasteiger partial charge in [-0.05, 0) is 128 Å². The highest BCUT2D eigenvalue weighted by molar-refractivity contribution is 5.71. The quantitative estimate of drug-likeness (QED) is 0.0261. The number of ether oxygens (including phenoxy) is 3. The van der Waals surface area contributed by atoms with Crippen LogP contribution in [0.5, 0.6) is 0 Å². The van der Waals surface area contributed by atoms with Gasteiger partial charge in [0.05, 0.1) is 0 Å². The summed E-state index contributed by atoms with van der Waals surface area (Å²) in [5.41, 5.74) is 0. The number of rotatable bonds is 55. The van der Waals surface area contributed by atoms with Crippen molar-refractivity contribution in [1.29, 1.82) is 0 Å². The first-order chi connectivity index (χ1) is 38.0. The largest absolute Gasteiger partial charge is 0.462 e. The van der Waals surface area contributed by atoms with E-state index in [-0.39, 0.29) is 38.0 Å². The van der Waals surface area contributed by atoms with Crippen LogP contribution in [0.25, 0.3) is 0 Å². The first-order valence-corrected chi connectivity index (χ1v) is 31.3. The highest BCUT2D eigenvalue weighted by Crippen LogP contribution is 2.15. The molecule has 0 aliphatic carbocycles. The normalized spacial score (nSPS) is 13.1. The van der Waals surface area contributed by atoms with Gasteiger partial charge in [-0.2, -0.15) is 0 Å². The minimum atomic E-state index is -0.843. The number of allylic oxidation sites excluding steroid dienone is 24. The highest BCUT2D eigenvalue weighted by atomic mass is 16.6. The fraction of sp³-hybridized carbons (Fsp3) is 0.620. The minimum Gasteiger partial charge on any atom is -0.462 e. The molecule has 1 atom stereocenters. The molecule has 77 heavy (non-hydrogen) atoms. The van der Waals surface area contributed by atoms with Crippen LogP contribution in [0.4, 0.5) is 0 Å². The van der Waals surface area contributed by atoms with Gasteiger partial charge in [0.15, 0.2) is 6.10 Å². The van der Waals surface area contributed by atoms with Crippen molar-refractivity contribution in [3.63, 3.8) is 0 Å². The Hall–Kier alpha value is -4.71. The van der Waals surface area contributed by atoms with E-state index < -0.39 is 12.1 Å². The zero-order valence-corrected chi connectivity index (χ0v) is 49.7. The van der Waals surface area contributed by atoms with E-state index in [2.05, 4.69) is 154 Å². The molecular formula is C71H114O6. The van der Waals surface area contributed by atoms with E-state index in [1.807, 2.05) is 12.2 Å². The average Bonchev–Trinajstić information content (AvgIpc) is 3.43. The van der Waals surface area contributed by atoms with Gasteiger partial charge < -0.3 is 14.2 Å². The topological polar surface area (TPSA) is 78.9 Å². The van der Waals surface area contributed by atoms with Crippen LogP contribution in [0.15, 0.2) is 146 Å². The van der Waals surface area contributed by atoms with Crippen molar-refractivity contribution in [1.82, 2.24) is 0 Å². The van der Waals surface area contributed by atoms with Crippen LogP contribution in [-0.2, 0) is 28.6 Å². The van der Waals surface area contributed by atoms with Crippen molar-refractivity contribution < 1.29 is 28.6 Å².